The Morgan fingerprint density at radius 3 is 2.78 bits per heavy atom. The van der Waals surface area contributed by atoms with Crippen molar-refractivity contribution in [3.8, 4) is 11.5 Å². The number of alkyl halides is 3. The molecule has 2 aromatic carbocycles. The fraction of sp³-hybridized carbons (Fsp3) is 0.435. The minimum Gasteiger partial charge on any atom is -0.487 e. The molecule has 6 nitrogen and oxygen atoms in total. The predicted octanol–water partition coefficient (Wildman–Crippen LogP) is 4.86. The van der Waals surface area contributed by atoms with E-state index >= 15 is 0 Å². The summed E-state index contributed by atoms with van der Waals surface area (Å²) in [6.45, 7) is 3.60. The van der Waals surface area contributed by atoms with Gasteiger partial charge in [-0.15, -0.1) is 13.2 Å². The van der Waals surface area contributed by atoms with Gasteiger partial charge < -0.3 is 25.2 Å². The van der Waals surface area contributed by atoms with Crippen LogP contribution >= 0.6 is 0 Å². The molecule has 0 unspecified atom stereocenters. The van der Waals surface area contributed by atoms with E-state index in [1.807, 2.05) is 12.1 Å². The minimum atomic E-state index is -4.81. The van der Waals surface area contributed by atoms with E-state index in [2.05, 4.69) is 15.4 Å². The van der Waals surface area contributed by atoms with Crippen molar-refractivity contribution in [2.45, 2.75) is 63.6 Å². The van der Waals surface area contributed by atoms with Gasteiger partial charge in [0.2, 0.25) is 0 Å². The SMILES string of the molecule is CC1(C)C[C@@H](NC(=O)Nc2cccc3c2C[C@@H](O)CC3)c2ccc(OC(F)(F)F)cc2O1. The molecule has 2 aromatic rings. The summed E-state index contributed by atoms with van der Waals surface area (Å²) in [5.41, 5.74) is 2.52. The minimum absolute atomic E-state index is 0.230. The lowest BCUT2D eigenvalue weighted by atomic mass is 9.88. The van der Waals surface area contributed by atoms with Crippen LogP contribution in [0.2, 0.25) is 0 Å². The summed E-state index contributed by atoms with van der Waals surface area (Å²) in [6, 6.07) is 8.59. The van der Waals surface area contributed by atoms with Crippen LogP contribution in [0.4, 0.5) is 23.7 Å². The summed E-state index contributed by atoms with van der Waals surface area (Å²) in [6.07, 6.45) is -2.91. The van der Waals surface area contributed by atoms with Crippen LogP contribution in [-0.2, 0) is 12.8 Å². The van der Waals surface area contributed by atoms with Crippen molar-refractivity contribution >= 4 is 11.7 Å². The molecule has 4 rings (SSSR count). The fourth-order valence-corrected chi connectivity index (χ4v) is 4.36. The van der Waals surface area contributed by atoms with Gasteiger partial charge in [0.15, 0.2) is 0 Å². The Labute approximate surface area is 183 Å². The topological polar surface area (TPSA) is 79.8 Å². The van der Waals surface area contributed by atoms with E-state index in [1.54, 1.807) is 19.9 Å². The number of carbonyl (C=O) groups excluding carboxylic acids is 1. The fourth-order valence-electron chi connectivity index (χ4n) is 4.36. The zero-order chi connectivity index (χ0) is 23.1. The molecule has 1 aliphatic heterocycles. The molecule has 0 aromatic heterocycles. The van der Waals surface area contributed by atoms with Crippen molar-refractivity contribution in [3.05, 3.63) is 53.1 Å². The van der Waals surface area contributed by atoms with E-state index in [0.29, 0.717) is 30.5 Å². The number of aliphatic hydroxyl groups excluding tert-OH is 1. The molecular formula is C23H25F3N2O4. The van der Waals surface area contributed by atoms with Crippen LogP contribution in [0.15, 0.2) is 36.4 Å². The molecule has 2 amide bonds. The van der Waals surface area contributed by atoms with Crippen LogP contribution in [-0.4, -0.2) is 29.2 Å². The van der Waals surface area contributed by atoms with Crippen molar-refractivity contribution in [3.63, 3.8) is 0 Å². The van der Waals surface area contributed by atoms with Gasteiger partial charge >= 0.3 is 12.4 Å². The third kappa shape index (κ3) is 5.09. The van der Waals surface area contributed by atoms with Crippen LogP contribution in [0.5, 0.6) is 11.5 Å². The van der Waals surface area contributed by atoms with Gasteiger partial charge in [-0.05, 0) is 56.0 Å². The molecule has 3 N–H and O–H groups in total. The third-order valence-electron chi connectivity index (χ3n) is 5.69. The zero-order valence-corrected chi connectivity index (χ0v) is 17.8. The summed E-state index contributed by atoms with van der Waals surface area (Å²) in [5, 5.41) is 15.8. The second kappa shape index (κ2) is 8.20. The summed E-state index contributed by atoms with van der Waals surface area (Å²) in [5.74, 6) is -0.153. The van der Waals surface area contributed by atoms with Gasteiger partial charge in [0.05, 0.1) is 12.1 Å². The highest BCUT2D eigenvalue weighted by Gasteiger charge is 2.36. The van der Waals surface area contributed by atoms with E-state index < -0.39 is 30.1 Å². The monoisotopic (exact) mass is 450 g/mol. The van der Waals surface area contributed by atoms with Crippen molar-refractivity contribution in [1.82, 2.24) is 5.32 Å². The van der Waals surface area contributed by atoms with Crippen molar-refractivity contribution < 1.29 is 32.5 Å². The highest BCUT2D eigenvalue weighted by molar-refractivity contribution is 5.90. The molecule has 0 bridgehead atoms. The molecule has 0 saturated carbocycles. The van der Waals surface area contributed by atoms with Gasteiger partial charge in [-0.2, -0.15) is 0 Å². The van der Waals surface area contributed by atoms with Crippen LogP contribution in [0.25, 0.3) is 0 Å². The highest BCUT2D eigenvalue weighted by atomic mass is 19.4. The Balaban J connectivity index is 1.53. The van der Waals surface area contributed by atoms with Crippen LogP contribution < -0.4 is 20.1 Å². The van der Waals surface area contributed by atoms with Crippen molar-refractivity contribution in [1.29, 1.82) is 0 Å². The first-order valence-corrected chi connectivity index (χ1v) is 10.4. The Hall–Kier alpha value is -2.94. The maximum absolute atomic E-state index is 12.8. The molecule has 0 saturated heterocycles. The predicted molar refractivity (Wildman–Crippen MR) is 112 cm³/mol. The molecule has 0 fully saturated rings. The lowest BCUT2D eigenvalue weighted by Crippen LogP contribution is -2.42. The van der Waals surface area contributed by atoms with E-state index in [1.165, 1.54) is 18.2 Å². The first kappa shape index (κ1) is 22.3. The maximum Gasteiger partial charge on any atom is 0.573 e. The molecule has 1 aliphatic carbocycles. The quantitative estimate of drug-likeness (QED) is 0.624. The number of urea groups is 1. The van der Waals surface area contributed by atoms with Crippen LogP contribution in [0, 0.1) is 0 Å². The number of carbonyl (C=O) groups is 1. The second-order valence-electron chi connectivity index (χ2n) is 8.80. The van der Waals surface area contributed by atoms with E-state index in [-0.39, 0.29) is 11.5 Å². The molecule has 2 atom stereocenters. The average molecular weight is 450 g/mol. The van der Waals surface area contributed by atoms with Crippen LogP contribution in [0.1, 0.15) is 49.4 Å². The summed E-state index contributed by atoms with van der Waals surface area (Å²) < 4.78 is 47.6. The van der Waals surface area contributed by atoms with E-state index in [4.69, 9.17) is 4.74 Å². The Kier molecular flexibility index (Phi) is 5.70. The van der Waals surface area contributed by atoms with Crippen molar-refractivity contribution in [2.75, 3.05) is 5.32 Å². The zero-order valence-electron chi connectivity index (χ0n) is 17.8. The second-order valence-corrected chi connectivity index (χ2v) is 8.80. The standard InChI is InChI=1S/C23H25F3N2O4/c1-22(2)12-19(16-9-8-15(11-20(16)32-22)31-23(24,25)26)28-21(30)27-18-5-3-4-13-6-7-14(29)10-17(13)18/h3-5,8-9,11,14,19,29H,6-7,10,12H2,1-2H3,(H2,27,28,30)/t14-,19+/m0/s1. The smallest absolute Gasteiger partial charge is 0.487 e. The summed E-state index contributed by atoms with van der Waals surface area (Å²) in [7, 11) is 0. The van der Waals surface area contributed by atoms with E-state index in [9.17, 15) is 23.1 Å². The van der Waals surface area contributed by atoms with E-state index in [0.717, 1.165) is 17.5 Å². The number of rotatable bonds is 3. The average Bonchev–Trinajstić information content (AvgIpc) is 2.66. The molecule has 1 heterocycles. The molecule has 0 radical (unpaired) electrons. The Morgan fingerprint density at radius 2 is 2.03 bits per heavy atom. The Morgan fingerprint density at radius 1 is 1.25 bits per heavy atom. The number of aryl methyl sites for hydroxylation is 1. The number of ether oxygens (including phenoxy) is 2. The largest absolute Gasteiger partial charge is 0.573 e. The number of anilines is 1. The number of amides is 2. The first-order valence-electron chi connectivity index (χ1n) is 10.4. The highest BCUT2D eigenvalue weighted by Crippen LogP contribution is 2.42. The summed E-state index contributed by atoms with van der Waals surface area (Å²) in [4.78, 5) is 12.8. The van der Waals surface area contributed by atoms with Gasteiger partial charge in [0.1, 0.15) is 17.1 Å². The van der Waals surface area contributed by atoms with Crippen molar-refractivity contribution in [2.24, 2.45) is 0 Å². The molecule has 2 aliphatic rings. The van der Waals surface area contributed by atoms with Gasteiger partial charge in [0.25, 0.3) is 0 Å². The molecule has 32 heavy (non-hydrogen) atoms. The van der Waals surface area contributed by atoms with Gasteiger partial charge in [-0.3, -0.25) is 0 Å². The number of fused-ring (bicyclic) bond motifs is 2. The lowest BCUT2D eigenvalue weighted by Gasteiger charge is -2.38. The molecular weight excluding hydrogens is 425 g/mol. The number of nitrogens with one attached hydrogen (secondary N) is 2. The third-order valence-corrected chi connectivity index (χ3v) is 5.69. The molecule has 0 spiro atoms. The van der Waals surface area contributed by atoms with Crippen LogP contribution in [0.3, 0.4) is 0 Å². The number of aliphatic hydroxyl groups is 1. The van der Waals surface area contributed by atoms with Gasteiger partial charge in [-0.1, -0.05) is 12.1 Å². The number of hydrogen-bond acceptors (Lipinski definition) is 4. The normalized spacial score (nSPS) is 21.6. The lowest BCUT2D eigenvalue weighted by molar-refractivity contribution is -0.274. The first-order chi connectivity index (χ1) is 15.0. The van der Waals surface area contributed by atoms with Gasteiger partial charge in [-0.25, -0.2) is 4.79 Å². The number of hydrogen-bond donors (Lipinski definition) is 3. The molecule has 172 valence electrons. The number of benzene rings is 2. The number of halogens is 3. The molecule has 9 heteroatoms. The van der Waals surface area contributed by atoms with Gasteiger partial charge in [0, 0.05) is 30.2 Å². The Bertz CT molecular complexity index is 1020. The summed E-state index contributed by atoms with van der Waals surface area (Å²) >= 11 is 0. The maximum atomic E-state index is 12.8.